The van der Waals surface area contributed by atoms with Crippen molar-refractivity contribution in [2.45, 2.75) is 97.8 Å². The molecule has 3 N–H and O–H groups in total. The summed E-state index contributed by atoms with van der Waals surface area (Å²) in [5.41, 5.74) is 1.71. The van der Waals surface area contributed by atoms with E-state index in [4.69, 9.17) is 4.74 Å². The van der Waals surface area contributed by atoms with Crippen LogP contribution in [0.3, 0.4) is 0 Å². The molecule has 8 heteroatoms. The summed E-state index contributed by atoms with van der Waals surface area (Å²) in [7, 11) is 0. The first-order chi connectivity index (χ1) is 18.9. The maximum absolute atomic E-state index is 14.4. The third-order valence-corrected chi connectivity index (χ3v) is 6.40. The molecule has 40 heavy (non-hydrogen) atoms. The fourth-order valence-corrected chi connectivity index (χ4v) is 4.41. The van der Waals surface area contributed by atoms with Gasteiger partial charge >= 0.3 is 6.09 Å². The van der Waals surface area contributed by atoms with Crippen molar-refractivity contribution in [2.75, 3.05) is 13.1 Å². The molecule has 0 spiro atoms. The number of amides is 3. The Hall–Kier alpha value is -3.55. The van der Waals surface area contributed by atoms with Crippen LogP contribution < -0.4 is 10.6 Å². The molecule has 0 saturated heterocycles. The number of ether oxygens (including phenoxy) is 1. The molecule has 0 saturated carbocycles. The molecule has 8 nitrogen and oxygen atoms in total. The molecule has 2 aromatic rings. The van der Waals surface area contributed by atoms with E-state index in [0.717, 1.165) is 42.4 Å². The number of nitrogens with zero attached hydrogens (tertiary/aromatic N) is 1. The molecule has 0 fully saturated rings. The minimum absolute atomic E-state index is 0.108. The molecule has 2 atom stereocenters. The van der Waals surface area contributed by atoms with Crippen LogP contribution in [-0.2, 0) is 20.7 Å². The zero-order chi connectivity index (χ0) is 29.7. The normalized spacial score (nSPS) is 12.8. The zero-order valence-electron chi connectivity index (χ0n) is 25.0. The Kier molecular flexibility index (Phi) is 13.0. The molecule has 0 radical (unpaired) electrons. The third-order valence-electron chi connectivity index (χ3n) is 6.40. The highest BCUT2D eigenvalue weighted by Gasteiger charge is 2.36. The van der Waals surface area contributed by atoms with E-state index in [2.05, 4.69) is 24.5 Å². The number of alkyl carbamates (subject to hydrolysis) is 1. The average molecular weight is 554 g/mol. The van der Waals surface area contributed by atoms with Crippen LogP contribution in [0.4, 0.5) is 4.79 Å². The van der Waals surface area contributed by atoms with Gasteiger partial charge in [-0.15, -0.1) is 0 Å². The van der Waals surface area contributed by atoms with Gasteiger partial charge < -0.3 is 25.4 Å². The van der Waals surface area contributed by atoms with Crippen molar-refractivity contribution < 1.29 is 24.2 Å². The molecule has 2 unspecified atom stereocenters. The summed E-state index contributed by atoms with van der Waals surface area (Å²) < 4.78 is 5.49. The molecule has 220 valence electrons. The smallest absolute Gasteiger partial charge is 0.408 e. The average Bonchev–Trinajstić information content (AvgIpc) is 2.87. The van der Waals surface area contributed by atoms with Crippen molar-refractivity contribution in [3.8, 4) is 5.75 Å². The lowest BCUT2D eigenvalue weighted by Gasteiger charge is -2.35. The predicted octanol–water partition coefficient (Wildman–Crippen LogP) is 5.81. The van der Waals surface area contributed by atoms with Gasteiger partial charge in [-0.3, -0.25) is 9.59 Å². The topological polar surface area (TPSA) is 108 Å². The maximum atomic E-state index is 14.4. The number of carbonyl (C=O) groups excluding carboxylic acids is 3. The molecular weight excluding hydrogens is 506 g/mol. The Morgan fingerprint density at radius 1 is 0.975 bits per heavy atom. The summed E-state index contributed by atoms with van der Waals surface area (Å²) in [6.07, 6.45) is 3.78. The number of carbonyl (C=O) groups is 3. The predicted molar refractivity (Wildman–Crippen MR) is 158 cm³/mol. The van der Waals surface area contributed by atoms with Gasteiger partial charge in [0, 0.05) is 19.5 Å². The molecule has 0 bridgehead atoms. The first-order valence-electron chi connectivity index (χ1n) is 14.4. The minimum Gasteiger partial charge on any atom is -0.508 e. The van der Waals surface area contributed by atoms with E-state index in [1.807, 2.05) is 31.2 Å². The van der Waals surface area contributed by atoms with Crippen molar-refractivity contribution in [1.82, 2.24) is 15.5 Å². The van der Waals surface area contributed by atoms with E-state index in [1.165, 1.54) is 0 Å². The summed E-state index contributed by atoms with van der Waals surface area (Å²) in [5.74, 6) is -0.507. The van der Waals surface area contributed by atoms with E-state index in [9.17, 15) is 19.5 Å². The standard InChI is InChI=1S/C32H47N3O5/c1-7-9-11-20-35(28(29(37)33-19-10-8-2)25-14-12-13-23(3)21-25)30(38)27(34-31(39)40-32(4,5)6)22-24-15-17-26(36)18-16-24/h12-18,21,27-28,36H,7-11,19-20,22H2,1-6H3,(H,33,37)(H,34,39). The first-order valence-corrected chi connectivity index (χ1v) is 14.4. The lowest BCUT2D eigenvalue weighted by Crippen LogP contribution is -2.54. The van der Waals surface area contributed by atoms with Crippen molar-refractivity contribution in [2.24, 2.45) is 0 Å². The second kappa shape index (κ2) is 15.9. The molecule has 0 aliphatic rings. The largest absolute Gasteiger partial charge is 0.508 e. The van der Waals surface area contributed by atoms with Crippen LogP contribution in [0.1, 0.15) is 89.5 Å². The molecule has 2 rings (SSSR count). The number of rotatable bonds is 14. The Labute approximate surface area is 239 Å². The van der Waals surface area contributed by atoms with E-state index in [1.54, 1.807) is 49.9 Å². The summed E-state index contributed by atoms with van der Waals surface area (Å²) >= 11 is 0. The monoisotopic (exact) mass is 553 g/mol. The van der Waals surface area contributed by atoms with Crippen molar-refractivity contribution in [3.05, 3.63) is 65.2 Å². The number of hydrogen-bond acceptors (Lipinski definition) is 5. The molecule has 0 aliphatic carbocycles. The molecule has 0 aliphatic heterocycles. The van der Waals surface area contributed by atoms with Crippen LogP contribution in [0.2, 0.25) is 0 Å². The highest BCUT2D eigenvalue weighted by molar-refractivity contribution is 5.92. The third kappa shape index (κ3) is 10.9. The van der Waals surface area contributed by atoms with Crippen molar-refractivity contribution in [3.63, 3.8) is 0 Å². The minimum atomic E-state index is -0.989. The molecular formula is C32H47N3O5. The van der Waals surface area contributed by atoms with Crippen molar-refractivity contribution in [1.29, 1.82) is 0 Å². The SMILES string of the molecule is CCCCCN(C(=O)C(Cc1ccc(O)cc1)NC(=O)OC(C)(C)C)C(C(=O)NCCCC)c1cccc(C)c1. The second-order valence-corrected chi connectivity index (χ2v) is 11.3. The van der Waals surface area contributed by atoms with E-state index in [-0.39, 0.29) is 24.0 Å². The van der Waals surface area contributed by atoms with Gasteiger partial charge in [0.25, 0.3) is 0 Å². The quantitative estimate of drug-likeness (QED) is 0.256. The van der Waals surface area contributed by atoms with E-state index >= 15 is 0 Å². The number of benzene rings is 2. The number of aryl methyl sites for hydroxylation is 1. The Bertz CT molecular complexity index is 1090. The van der Waals surface area contributed by atoms with Gasteiger partial charge in [0.05, 0.1) is 0 Å². The number of phenols is 1. The fraction of sp³-hybridized carbons (Fsp3) is 0.531. The first kappa shape index (κ1) is 32.7. The van der Waals surface area contributed by atoms with Gasteiger partial charge in [0.2, 0.25) is 11.8 Å². The molecule has 0 heterocycles. The fourth-order valence-electron chi connectivity index (χ4n) is 4.41. The lowest BCUT2D eigenvalue weighted by atomic mass is 9.98. The Morgan fingerprint density at radius 2 is 1.65 bits per heavy atom. The van der Waals surface area contributed by atoms with Gasteiger partial charge in [-0.05, 0) is 63.8 Å². The summed E-state index contributed by atoms with van der Waals surface area (Å²) in [5, 5.41) is 15.5. The zero-order valence-corrected chi connectivity index (χ0v) is 25.0. The second-order valence-electron chi connectivity index (χ2n) is 11.3. The number of phenolic OH excluding ortho intramolecular Hbond substituents is 1. The van der Waals surface area contributed by atoms with Gasteiger partial charge in [-0.1, -0.05) is 75.1 Å². The van der Waals surface area contributed by atoms with Crippen LogP contribution in [-0.4, -0.2) is 52.6 Å². The van der Waals surface area contributed by atoms with Gasteiger partial charge in [0.1, 0.15) is 23.4 Å². The summed E-state index contributed by atoms with van der Waals surface area (Å²) in [6, 6.07) is 12.3. The van der Waals surface area contributed by atoms with Crippen LogP contribution >= 0.6 is 0 Å². The lowest BCUT2D eigenvalue weighted by molar-refractivity contribution is -0.142. The number of unbranched alkanes of at least 4 members (excludes halogenated alkanes) is 3. The highest BCUT2D eigenvalue weighted by atomic mass is 16.6. The van der Waals surface area contributed by atoms with Crippen LogP contribution in [0.25, 0.3) is 0 Å². The number of nitrogens with one attached hydrogen (secondary N) is 2. The molecule has 0 aromatic heterocycles. The number of hydrogen-bond donors (Lipinski definition) is 3. The van der Waals surface area contributed by atoms with E-state index in [0.29, 0.717) is 19.5 Å². The molecule has 2 aromatic carbocycles. The van der Waals surface area contributed by atoms with E-state index < -0.39 is 23.8 Å². The summed E-state index contributed by atoms with van der Waals surface area (Å²) in [6.45, 7) is 12.2. The Balaban J connectivity index is 2.53. The summed E-state index contributed by atoms with van der Waals surface area (Å²) in [4.78, 5) is 42.5. The van der Waals surface area contributed by atoms with Gasteiger partial charge in [0.15, 0.2) is 0 Å². The van der Waals surface area contributed by atoms with Gasteiger partial charge in [-0.2, -0.15) is 0 Å². The van der Waals surface area contributed by atoms with Crippen molar-refractivity contribution >= 4 is 17.9 Å². The highest BCUT2D eigenvalue weighted by Crippen LogP contribution is 2.25. The van der Waals surface area contributed by atoms with Crippen LogP contribution in [0, 0.1) is 6.92 Å². The van der Waals surface area contributed by atoms with Crippen LogP contribution in [0.5, 0.6) is 5.75 Å². The molecule has 3 amide bonds. The Morgan fingerprint density at radius 3 is 2.25 bits per heavy atom. The van der Waals surface area contributed by atoms with Gasteiger partial charge in [-0.25, -0.2) is 4.79 Å². The van der Waals surface area contributed by atoms with Crippen LogP contribution in [0.15, 0.2) is 48.5 Å². The number of aromatic hydroxyl groups is 1. The maximum Gasteiger partial charge on any atom is 0.408 e.